The second-order valence-corrected chi connectivity index (χ2v) is 18.9. The first-order chi connectivity index (χ1) is 32.6. The van der Waals surface area contributed by atoms with Crippen LogP contribution in [0.4, 0.5) is 0 Å². The monoisotopic (exact) mass is 951 g/mol. The molecule has 0 bridgehead atoms. The molecule has 6 atom stereocenters. The molecule has 0 aromatic carbocycles. The van der Waals surface area contributed by atoms with Crippen LogP contribution in [0.5, 0.6) is 0 Å². The second-order valence-electron chi connectivity index (χ2n) is 18.9. The fourth-order valence-corrected chi connectivity index (χ4v) is 8.23. The van der Waals surface area contributed by atoms with Gasteiger partial charge in [-0.05, 0) is 64.2 Å². The van der Waals surface area contributed by atoms with Crippen molar-refractivity contribution in [2.45, 2.75) is 289 Å². The summed E-state index contributed by atoms with van der Waals surface area (Å²) in [6, 6.07) is 0. The lowest BCUT2D eigenvalue weighted by Gasteiger charge is -2.40. The molecule has 1 heterocycles. The molecule has 0 aliphatic carbocycles. The molecule has 1 aliphatic rings. The fraction of sp³-hybridized carbons (Fsp3) is 0.855. The zero-order valence-corrected chi connectivity index (χ0v) is 42.7. The van der Waals surface area contributed by atoms with Crippen LogP contribution < -0.4 is 0 Å². The lowest BCUT2D eigenvalue weighted by molar-refractivity contribution is -0.301. The number of carboxylic acid groups (broad SMARTS) is 1. The van der Waals surface area contributed by atoms with Crippen LogP contribution in [0, 0.1) is 0 Å². The highest BCUT2D eigenvalue weighted by Gasteiger charge is 2.50. The molecule has 390 valence electrons. The topological polar surface area (TPSA) is 175 Å². The molecule has 1 aliphatic heterocycles. The van der Waals surface area contributed by atoms with Gasteiger partial charge in [0.2, 0.25) is 0 Å². The zero-order valence-electron chi connectivity index (χ0n) is 42.7. The minimum Gasteiger partial charge on any atom is -0.479 e. The third-order valence-electron chi connectivity index (χ3n) is 12.5. The van der Waals surface area contributed by atoms with Crippen LogP contribution in [0.15, 0.2) is 24.3 Å². The van der Waals surface area contributed by atoms with Crippen LogP contribution in [-0.4, -0.2) is 89.2 Å². The van der Waals surface area contributed by atoms with Gasteiger partial charge in [-0.15, -0.1) is 0 Å². The van der Waals surface area contributed by atoms with Crippen molar-refractivity contribution in [1.82, 2.24) is 0 Å². The molecule has 67 heavy (non-hydrogen) atoms. The Hall–Kier alpha value is -2.80. The quantitative estimate of drug-likeness (QED) is 0.0228. The van der Waals surface area contributed by atoms with E-state index in [0.29, 0.717) is 19.3 Å². The largest absolute Gasteiger partial charge is 0.479 e. The van der Waals surface area contributed by atoms with E-state index in [4.69, 9.17) is 23.7 Å². The molecule has 0 spiro atoms. The van der Waals surface area contributed by atoms with Crippen LogP contribution in [0.2, 0.25) is 0 Å². The Morgan fingerprint density at radius 2 is 0.866 bits per heavy atom. The van der Waals surface area contributed by atoms with Crippen LogP contribution >= 0.6 is 0 Å². The summed E-state index contributed by atoms with van der Waals surface area (Å²) in [5, 5.41) is 31.3. The number of aliphatic hydroxyl groups excluding tert-OH is 2. The molecule has 12 heteroatoms. The van der Waals surface area contributed by atoms with E-state index in [-0.39, 0.29) is 25.9 Å². The predicted octanol–water partition coefficient (Wildman–Crippen LogP) is 13.1. The van der Waals surface area contributed by atoms with Crippen LogP contribution in [0.25, 0.3) is 0 Å². The lowest BCUT2D eigenvalue weighted by Crippen LogP contribution is -2.61. The highest BCUT2D eigenvalue weighted by molar-refractivity contribution is 5.74. The first kappa shape index (κ1) is 62.2. The van der Waals surface area contributed by atoms with Crippen molar-refractivity contribution in [3.05, 3.63) is 24.3 Å². The first-order valence-corrected chi connectivity index (χ1v) is 27.3. The number of ether oxygens (including phenoxy) is 5. The molecular weight excluding hydrogens is 853 g/mol. The fourth-order valence-electron chi connectivity index (χ4n) is 8.23. The Bertz CT molecular complexity index is 1270. The zero-order chi connectivity index (χ0) is 49.0. The molecule has 0 aromatic heterocycles. The van der Waals surface area contributed by atoms with E-state index >= 15 is 0 Å². The SMILES string of the molecule is CCCC/C=C\CCCCCCCC(=O)OC1C(OCC(COC(=O)CCCCCCC/C=C\CCCCCC)OC(=O)CCCCCCCCCCCCCCC)OC(C(=O)O)C(O)C1O. The number of esters is 3. The molecule has 1 rings (SSSR count). The van der Waals surface area contributed by atoms with Crippen LogP contribution in [-0.2, 0) is 42.9 Å². The molecular formula is C55H98O12. The van der Waals surface area contributed by atoms with Gasteiger partial charge in [0.25, 0.3) is 0 Å². The Balaban J connectivity index is 2.73. The molecule has 1 saturated heterocycles. The number of hydrogen-bond acceptors (Lipinski definition) is 11. The van der Waals surface area contributed by atoms with E-state index in [1.807, 2.05) is 0 Å². The number of allylic oxidation sites excluding steroid dienone is 4. The number of carboxylic acids is 1. The minimum atomic E-state index is -1.90. The molecule has 6 unspecified atom stereocenters. The second kappa shape index (κ2) is 44.4. The van der Waals surface area contributed by atoms with E-state index in [9.17, 15) is 34.5 Å². The van der Waals surface area contributed by atoms with Crippen molar-refractivity contribution in [3.8, 4) is 0 Å². The van der Waals surface area contributed by atoms with Gasteiger partial charge in [-0.2, -0.15) is 0 Å². The van der Waals surface area contributed by atoms with E-state index < -0.39 is 67.3 Å². The van der Waals surface area contributed by atoms with Gasteiger partial charge in [0.05, 0.1) is 6.61 Å². The maximum Gasteiger partial charge on any atom is 0.335 e. The number of hydrogen-bond donors (Lipinski definition) is 3. The van der Waals surface area contributed by atoms with E-state index in [1.165, 1.54) is 96.3 Å². The van der Waals surface area contributed by atoms with Gasteiger partial charge >= 0.3 is 23.9 Å². The molecule has 12 nitrogen and oxygen atoms in total. The van der Waals surface area contributed by atoms with Crippen molar-refractivity contribution in [1.29, 1.82) is 0 Å². The first-order valence-electron chi connectivity index (χ1n) is 27.3. The summed E-state index contributed by atoms with van der Waals surface area (Å²) in [5.41, 5.74) is 0. The highest BCUT2D eigenvalue weighted by atomic mass is 16.7. The van der Waals surface area contributed by atoms with Crippen molar-refractivity contribution in [2.75, 3.05) is 13.2 Å². The summed E-state index contributed by atoms with van der Waals surface area (Å²) < 4.78 is 28.3. The normalized spacial score (nSPS) is 19.0. The Labute approximate surface area is 407 Å². The summed E-state index contributed by atoms with van der Waals surface area (Å²) in [6.45, 7) is 5.92. The number of carbonyl (C=O) groups excluding carboxylic acids is 3. The number of aliphatic hydroxyl groups is 2. The van der Waals surface area contributed by atoms with E-state index in [0.717, 1.165) is 96.3 Å². The van der Waals surface area contributed by atoms with Gasteiger partial charge in [0, 0.05) is 19.3 Å². The molecule has 0 radical (unpaired) electrons. The molecule has 1 fully saturated rings. The maximum absolute atomic E-state index is 13.1. The minimum absolute atomic E-state index is 0.0529. The average molecular weight is 951 g/mol. The van der Waals surface area contributed by atoms with Crippen molar-refractivity contribution >= 4 is 23.9 Å². The Morgan fingerprint density at radius 3 is 1.33 bits per heavy atom. The van der Waals surface area contributed by atoms with Crippen LogP contribution in [0.1, 0.15) is 252 Å². The lowest BCUT2D eigenvalue weighted by atomic mass is 9.98. The predicted molar refractivity (Wildman–Crippen MR) is 266 cm³/mol. The summed E-state index contributed by atoms with van der Waals surface area (Å²) >= 11 is 0. The smallest absolute Gasteiger partial charge is 0.335 e. The number of unbranched alkanes of at least 4 members (excludes halogenated alkanes) is 28. The summed E-state index contributed by atoms with van der Waals surface area (Å²) in [5.74, 6) is -3.12. The number of carbonyl (C=O) groups is 4. The highest BCUT2D eigenvalue weighted by Crippen LogP contribution is 2.26. The standard InChI is InChI=1S/C55H98O12/c1-4-7-10-13-16-19-22-24-27-29-32-35-38-41-47(56)63-44-46(65-48(57)42-39-36-33-31-28-25-23-20-17-14-11-8-5-2)45-64-55-53(51(60)50(59)52(67-55)54(61)62)66-49(58)43-40-37-34-30-26-21-18-15-12-9-6-3/h15,18-19,22,46,50-53,55,59-60H,4-14,16-17,20-21,23-45H2,1-3H3,(H,61,62)/b18-15-,22-19-. The number of aliphatic carboxylic acids is 1. The van der Waals surface area contributed by atoms with E-state index in [2.05, 4.69) is 45.1 Å². The average Bonchev–Trinajstić information content (AvgIpc) is 3.31. The van der Waals surface area contributed by atoms with Gasteiger partial charge in [0.15, 0.2) is 24.6 Å². The maximum atomic E-state index is 13.1. The van der Waals surface area contributed by atoms with Gasteiger partial charge in [-0.3, -0.25) is 14.4 Å². The van der Waals surface area contributed by atoms with Gasteiger partial charge in [-0.1, -0.05) is 193 Å². The van der Waals surface area contributed by atoms with Gasteiger partial charge < -0.3 is 39.0 Å². The molecule has 0 amide bonds. The third-order valence-corrected chi connectivity index (χ3v) is 12.5. The van der Waals surface area contributed by atoms with Crippen molar-refractivity contribution in [2.24, 2.45) is 0 Å². The van der Waals surface area contributed by atoms with Gasteiger partial charge in [-0.25, -0.2) is 4.79 Å². The molecule has 3 N–H and O–H groups in total. The summed E-state index contributed by atoms with van der Waals surface area (Å²) in [4.78, 5) is 50.8. The van der Waals surface area contributed by atoms with Crippen molar-refractivity contribution < 1.29 is 58.2 Å². The Morgan fingerprint density at radius 1 is 0.478 bits per heavy atom. The number of rotatable bonds is 46. The Kier molecular flexibility index (Phi) is 41.2. The molecule has 0 saturated carbocycles. The van der Waals surface area contributed by atoms with Crippen molar-refractivity contribution in [3.63, 3.8) is 0 Å². The van der Waals surface area contributed by atoms with Gasteiger partial charge in [0.1, 0.15) is 18.8 Å². The molecule has 0 aromatic rings. The summed E-state index contributed by atoms with van der Waals surface area (Å²) in [6.07, 6.45) is 35.9. The van der Waals surface area contributed by atoms with E-state index in [1.54, 1.807) is 0 Å². The third kappa shape index (κ3) is 35.0. The summed E-state index contributed by atoms with van der Waals surface area (Å²) in [7, 11) is 0. The van der Waals surface area contributed by atoms with Crippen LogP contribution in [0.3, 0.4) is 0 Å².